The highest BCUT2D eigenvalue weighted by Gasteiger charge is 2.16. The molecule has 90 valence electrons. The molecular weight excluding hydrogens is 236 g/mol. The number of alkyl halides is 2. The SMILES string of the molecule is CCS(=O)(=O)c1ccccc1NCC(F)F. The smallest absolute Gasteiger partial charge is 0.255 e. The zero-order valence-electron chi connectivity index (χ0n) is 8.78. The number of anilines is 1. The molecule has 0 bridgehead atoms. The molecule has 0 amide bonds. The molecule has 0 saturated heterocycles. The van der Waals surface area contributed by atoms with E-state index in [2.05, 4.69) is 5.32 Å². The zero-order chi connectivity index (χ0) is 12.2. The first-order valence-corrected chi connectivity index (χ1v) is 6.46. The van der Waals surface area contributed by atoms with Crippen molar-refractivity contribution in [3.8, 4) is 0 Å². The van der Waals surface area contributed by atoms with Crippen LogP contribution in [0, 0.1) is 0 Å². The zero-order valence-corrected chi connectivity index (χ0v) is 9.60. The molecule has 0 atom stereocenters. The predicted octanol–water partition coefficient (Wildman–Crippen LogP) is 2.16. The van der Waals surface area contributed by atoms with Crippen molar-refractivity contribution in [2.24, 2.45) is 0 Å². The maximum absolute atomic E-state index is 12.0. The van der Waals surface area contributed by atoms with Crippen molar-refractivity contribution < 1.29 is 17.2 Å². The molecule has 1 aromatic carbocycles. The second-order valence-corrected chi connectivity index (χ2v) is 5.42. The van der Waals surface area contributed by atoms with Gasteiger partial charge in [-0.05, 0) is 12.1 Å². The Morgan fingerprint density at radius 2 is 1.94 bits per heavy atom. The molecule has 0 unspecified atom stereocenters. The van der Waals surface area contributed by atoms with E-state index in [1.165, 1.54) is 19.1 Å². The van der Waals surface area contributed by atoms with Gasteiger partial charge in [-0.25, -0.2) is 17.2 Å². The predicted molar refractivity (Wildman–Crippen MR) is 58.7 cm³/mol. The van der Waals surface area contributed by atoms with Gasteiger partial charge in [0.15, 0.2) is 9.84 Å². The first-order chi connectivity index (χ1) is 7.47. The maximum Gasteiger partial charge on any atom is 0.255 e. The Morgan fingerprint density at radius 3 is 2.50 bits per heavy atom. The summed E-state index contributed by atoms with van der Waals surface area (Å²) in [6.07, 6.45) is -2.52. The minimum Gasteiger partial charge on any atom is -0.378 e. The van der Waals surface area contributed by atoms with E-state index in [1.807, 2.05) is 0 Å². The van der Waals surface area contributed by atoms with Crippen LogP contribution >= 0.6 is 0 Å². The number of para-hydroxylation sites is 1. The van der Waals surface area contributed by atoms with Crippen LogP contribution in [0.25, 0.3) is 0 Å². The highest BCUT2D eigenvalue weighted by molar-refractivity contribution is 7.91. The monoisotopic (exact) mass is 249 g/mol. The Bertz CT molecular complexity index is 446. The molecule has 16 heavy (non-hydrogen) atoms. The molecule has 0 aliphatic heterocycles. The lowest BCUT2D eigenvalue weighted by molar-refractivity contribution is 0.163. The van der Waals surface area contributed by atoms with Crippen molar-refractivity contribution in [3.05, 3.63) is 24.3 Å². The van der Waals surface area contributed by atoms with Crippen LogP contribution in [0.4, 0.5) is 14.5 Å². The molecule has 6 heteroatoms. The van der Waals surface area contributed by atoms with Crippen LogP contribution in [0.1, 0.15) is 6.92 Å². The average Bonchev–Trinajstić information content (AvgIpc) is 2.26. The molecule has 0 saturated carbocycles. The lowest BCUT2D eigenvalue weighted by atomic mass is 10.3. The third-order valence-electron chi connectivity index (χ3n) is 2.05. The lowest BCUT2D eigenvalue weighted by Gasteiger charge is -2.11. The molecule has 0 heterocycles. The van der Waals surface area contributed by atoms with Crippen LogP contribution in [0.3, 0.4) is 0 Å². The lowest BCUT2D eigenvalue weighted by Crippen LogP contribution is -2.14. The number of hydrogen-bond donors (Lipinski definition) is 1. The molecule has 3 nitrogen and oxygen atoms in total. The van der Waals surface area contributed by atoms with Crippen LogP contribution in [0.15, 0.2) is 29.2 Å². The first-order valence-electron chi connectivity index (χ1n) is 4.81. The molecule has 0 aliphatic carbocycles. The number of benzene rings is 1. The van der Waals surface area contributed by atoms with Gasteiger partial charge in [-0.3, -0.25) is 0 Å². The van der Waals surface area contributed by atoms with E-state index in [0.717, 1.165) is 0 Å². The highest BCUT2D eigenvalue weighted by atomic mass is 32.2. The molecule has 1 aromatic rings. The molecular formula is C10H13F2NO2S. The fourth-order valence-electron chi connectivity index (χ4n) is 1.23. The second kappa shape index (κ2) is 5.25. The summed E-state index contributed by atoms with van der Waals surface area (Å²) >= 11 is 0. The molecule has 1 N–H and O–H groups in total. The fourth-order valence-corrected chi connectivity index (χ4v) is 2.30. The van der Waals surface area contributed by atoms with Gasteiger partial charge in [-0.15, -0.1) is 0 Å². The van der Waals surface area contributed by atoms with Crippen molar-refractivity contribution in [1.82, 2.24) is 0 Å². The Hall–Kier alpha value is -1.17. The first kappa shape index (κ1) is 12.9. The second-order valence-electron chi connectivity index (χ2n) is 3.17. The molecule has 0 spiro atoms. The molecule has 0 radical (unpaired) electrons. The van der Waals surface area contributed by atoms with E-state index in [9.17, 15) is 17.2 Å². The summed E-state index contributed by atoms with van der Waals surface area (Å²) in [7, 11) is -3.38. The Morgan fingerprint density at radius 1 is 1.31 bits per heavy atom. The van der Waals surface area contributed by atoms with Gasteiger partial charge in [0, 0.05) is 0 Å². The van der Waals surface area contributed by atoms with E-state index >= 15 is 0 Å². The van der Waals surface area contributed by atoms with Crippen molar-refractivity contribution in [2.45, 2.75) is 18.2 Å². The van der Waals surface area contributed by atoms with E-state index in [-0.39, 0.29) is 16.3 Å². The van der Waals surface area contributed by atoms with Gasteiger partial charge in [0.05, 0.1) is 22.9 Å². The topological polar surface area (TPSA) is 46.2 Å². The molecule has 0 aliphatic rings. The molecule has 0 fully saturated rings. The standard InChI is InChI=1S/C10H13F2NO2S/c1-2-16(14,15)9-6-4-3-5-8(9)13-7-10(11)12/h3-6,10,13H,2,7H2,1H3. The summed E-state index contributed by atoms with van der Waals surface area (Å²) in [6, 6.07) is 6.05. The average molecular weight is 249 g/mol. The molecule has 1 rings (SSSR count). The highest BCUT2D eigenvalue weighted by Crippen LogP contribution is 2.21. The van der Waals surface area contributed by atoms with Gasteiger partial charge in [0.1, 0.15) is 0 Å². The number of sulfone groups is 1. The minimum atomic E-state index is -3.38. The van der Waals surface area contributed by atoms with Crippen molar-refractivity contribution in [1.29, 1.82) is 0 Å². The fraction of sp³-hybridized carbons (Fsp3) is 0.400. The summed E-state index contributed by atoms with van der Waals surface area (Å²) in [6.45, 7) is 0.954. The molecule has 0 aromatic heterocycles. The maximum atomic E-state index is 12.0. The van der Waals surface area contributed by atoms with Crippen molar-refractivity contribution >= 4 is 15.5 Å². The van der Waals surface area contributed by atoms with E-state index < -0.39 is 22.8 Å². The minimum absolute atomic E-state index is 0.0552. The Kier molecular flexibility index (Phi) is 4.23. The number of nitrogens with one attached hydrogen (secondary N) is 1. The summed E-state index contributed by atoms with van der Waals surface area (Å²) < 4.78 is 47.3. The van der Waals surface area contributed by atoms with Gasteiger partial charge < -0.3 is 5.32 Å². The third-order valence-corrected chi connectivity index (χ3v) is 3.84. The van der Waals surface area contributed by atoms with E-state index in [1.54, 1.807) is 12.1 Å². The number of rotatable bonds is 5. The normalized spacial score (nSPS) is 11.8. The van der Waals surface area contributed by atoms with Crippen LogP contribution in [0.5, 0.6) is 0 Å². The van der Waals surface area contributed by atoms with Crippen LogP contribution in [0.2, 0.25) is 0 Å². The van der Waals surface area contributed by atoms with Crippen molar-refractivity contribution in [2.75, 3.05) is 17.6 Å². The summed E-state index contributed by atoms with van der Waals surface area (Å²) in [5, 5.41) is 2.42. The van der Waals surface area contributed by atoms with Crippen LogP contribution < -0.4 is 5.32 Å². The van der Waals surface area contributed by atoms with Gasteiger partial charge >= 0.3 is 0 Å². The van der Waals surface area contributed by atoms with Crippen LogP contribution in [-0.2, 0) is 9.84 Å². The quantitative estimate of drug-likeness (QED) is 0.869. The van der Waals surface area contributed by atoms with Crippen molar-refractivity contribution in [3.63, 3.8) is 0 Å². The third kappa shape index (κ3) is 3.16. The van der Waals surface area contributed by atoms with Gasteiger partial charge in [0.2, 0.25) is 0 Å². The number of hydrogen-bond acceptors (Lipinski definition) is 3. The van der Waals surface area contributed by atoms with Crippen LogP contribution in [-0.4, -0.2) is 27.1 Å². The van der Waals surface area contributed by atoms with Gasteiger partial charge in [0.25, 0.3) is 6.43 Å². The summed E-state index contributed by atoms with van der Waals surface area (Å²) in [5.41, 5.74) is 0.227. The largest absolute Gasteiger partial charge is 0.378 e. The summed E-state index contributed by atoms with van der Waals surface area (Å²) in [5.74, 6) is -0.0552. The van der Waals surface area contributed by atoms with E-state index in [0.29, 0.717) is 0 Å². The summed E-state index contributed by atoms with van der Waals surface area (Å²) in [4.78, 5) is 0.0677. The Labute approximate surface area is 93.4 Å². The van der Waals surface area contributed by atoms with Gasteiger partial charge in [-0.1, -0.05) is 19.1 Å². The van der Waals surface area contributed by atoms with Gasteiger partial charge in [-0.2, -0.15) is 0 Å². The van der Waals surface area contributed by atoms with E-state index in [4.69, 9.17) is 0 Å². The Balaban J connectivity index is 3.01. The number of halogens is 2.